The summed E-state index contributed by atoms with van der Waals surface area (Å²) in [4.78, 5) is 48.3. The minimum atomic E-state index is -3.43. The average molecular weight is 1560 g/mol. The Morgan fingerprint density at radius 2 is 0.693 bits per heavy atom. The fraction of sp³-hybridized carbons (Fsp3) is 0.318. The summed E-state index contributed by atoms with van der Waals surface area (Å²) in [6, 6.07) is 60.8. The number of azide groups is 1. The SMILES string of the molecule is CN(C)CCCOc1ccc2c(c1)N=C(c1ccc(-c3nc4ccc(OCCCN=[N+]=[N-])cc4[nH]3)cc1)C2.CN(C)CCCOc1ccc2c(c1)N=C(c1ccc(-c3nc4ccc(OCCCO)cc4[nH]3)cc1)C2.CN(C)CCCOc1ccc2c(c1)N=C(c1ccc(-c3nc4ccc(OCCCOS(C)(=O)=O)cc4[nH]3)cc1)C2. The summed E-state index contributed by atoms with van der Waals surface area (Å²) in [5.41, 5.74) is 29.7. The molecule has 0 bridgehead atoms. The van der Waals surface area contributed by atoms with Crippen LogP contribution in [0.1, 0.15) is 71.9 Å². The number of fused-ring (bicyclic) bond motifs is 6. The third-order valence-corrected chi connectivity index (χ3v) is 19.7. The largest absolute Gasteiger partial charge is 0.494 e. The number of H-pyrrole nitrogens is 3. The molecule has 4 N–H and O–H groups in total. The van der Waals surface area contributed by atoms with Crippen LogP contribution in [0.5, 0.6) is 34.5 Å². The number of ether oxygens (including phenoxy) is 6. The molecule has 3 aliphatic rings. The Hall–Kier alpha value is -11.7. The fourth-order valence-corrected chi connectivity index (χ4v) is 13.6. The lowest BCUT2D eigenvalue weighted by molar-refractivity contribution is 0.233. The summed E-state index contributed by atoms with van der Waals surface area (Å²) in [5, 5.41) is 12.5. The number of aromatic nitrogens is 6. The van der Waals surface area contributed by atoms with E-state index in [9.17, 15) is 8.42 Å². The lowest BCUT2D eigenvalue weighted by atomic mass is 10.0. The van der Waals surface area contributed by atoms with Crippen molar-refractivity contribution in [3.63, 3.8) is 0 Å². The second-order valence-electron chi connectivity index (χ2n) is 28.9. The molecule has 0 atom stereocenters. The molecule has 3 aromatic heterocycles. The molecule has 0 saturated carbocycles. The first-order chi connectivity index (χ1) is 55.4. The Morgan fingerprint density at radius 3 is 1.01 bits per heavy atom. The van der Waals surface area contributed by atoms with Crippen molar-refractivity contribution >= 4 is 77.4 Å². The molecule has 15 rings (SSSR count). The standard InChI is InChI=1S/C30H34N4O5S.C29H31N7O2.C29H32N4O3/c1-34(2)14-4-15-37-24-11-10-23-18-27(31-28(23)19-24)21-6-8-22(9-7-21)30-32-26-13-12-25(20-29(26)33-30)38-16-5-17-39-40(3,35)36;1-36(2)14-4-16-38-23-10-9-22-17-26(32-27(22)18-23)20-5-7-21(8-6-20)29-33-25-12-11-24(19-28(25)34-29)37-15-3-13-31-35-30;1-33(2)13-3-15-35-23-10-9-22-17-26(30-27(22)18-23)20-5-7-21(8-6-20)29-31-25-12-11-24(19-28(25)32-29)36-16-4-14-34/h6-13,19-20H,4-5,14-18H2,1-3H3,(H,32,33);5-12,18-19H,3-4,13-17H2,1-2H3,(H,33,34);5-12,18-19,34H,3-4,13-17H2,1-2H3,(H,31,32). The summed E-state index contributed by atoms with van der Waals surface area (Å²) < 4.78 is 61.8. The van der Waals surface area contributed by atoms with Crippen LogP contribution in [0.25, 0.3) is 77.7 Å². The first-order valence-corrected chi connectivity index (χ1v) is 40.3. The second kappa shape index (κ2) is 38.7. The van der Waals surface area contributed by atoms with Crippen LogP contribution in [0.3, 0.4) is 0 Å². The highest BCUT2D eigenvalue weighted by atomic mass is 32.2. The van der Waals surface area contributed by atoms with E-state index in [0.717, 1.165) is 211 Å². The first-order valence-electron chi connectivity index (χ1n) is 38.5. The first kappa shape index (κ1) is 80.3. The third kappa shape index (κ3) is 22.3. The molecule has 0 unspecified atom stereocenters. The van der Waals surface area contributed by atoms with E-state index in [2.05, 4.69) is 173 Å². The average Bonchev–Trinajstić information content (AvgIpc) is 1.64. The Morgan fingerprint density at radius 1 is 0.395 bits per heavy atom. The highest BCUT2D eigenvalue weighted by molar-refractivity contribution is 7.86. The van der Waals surface area contributed by atoms with Gasteiger partial charge in [0.1, 0.15) is 52.0 Å². The maximum Gasteiger partial charge on any atom is 0.264 e. The smallest absolute Gasteiger partial charge is 0.264 e. The fourth-order valence-electron chi connectivity index (χ4n) is 13.2. The zero-order chi connectivity index (χ0) is 79.3. The number of hydrogen-bond acceptors (Lipinski definition) is 20. The van der Waals surface area contributed by atoms with Gasteiger partial charge in [-0.3, -0.25) is 19.2 Å². The van der Waals surface area contributed by atoms with E-state index in [4.69, 9.17) is 73.2 Å². The Kier molecular flexibility index (Phi) is 27.2. The monoisotopic (exact) mass is 1560 g/mol. The molecule has 12 aromatic rings. The van der Waals surface area contributed by atoms with Gasteiger partial charge in [-0.25, -0.2) is 15.0 Å². The third-order valence-electron chi connectivity index (χ3n) is 19.1. The maximum absolute atomic E-state index is 11.0. The summed E-state index contributed by atoms with van der Waals surface area (Å²) in [6.07, 6.45) is 8.18. The number of benzene rings is 9. The van der Waals surface area contributed by atoms with E-state index in [1.54, 1.807) is 0 Å². The number of hydrogen-bond donors (Lipinski definition) is 4. The van der Waals surface area contributed by atoms with Crippen molar-refractivity contribution in [3.05, 3.63) is 226 Å². The molecule has 0 aliphatic carbocycles. The van der Waals surface area contributed by atoms with Crippen LogP contribution < -0.4 is 28.4 Å². The number of imidazole rings is 3. The molecule has 0 spiro atoms. The number of aliphatic imine (C=N–C) groups is 3. The molecule has 0 saturated heterocycles. The molecular formula is C88H97N15O10S. The van der Waals surface area contributed by atoms with Crippen molar-refractivity contribution in [2.45, 2.75) is 57.8 Å². The van der Waals surface area contributed by atoms with Gasteiger partial charge in [0.05, 0.1) is 120 Å². The summed E-state index contributed by atoms with van der Waals surface area (Å²) in [6.45, 7) is 7.08. The maximum atomic E-state index is 11.0. The van der Waals surface area contributed by atoms with Gasteiger partial charge in [-0.2, -0.15) is 8.42 Å². The number of aliphatic hydroxyl groups excluding tert-OH is 1. The van der Waals surface area contributed by atoms with Crippen LogP contribution in [-0.2, 0) is 33.6 Å². The Bertz CT molecular complexity index is 5540. The van der Waals surface area contributed by atoms with Crippen molar-refractivity contribution in [1.29, 1.82) is 0 Å². The van der Waals surface area contributed by atoms with E-state index in [-0.39, 0.29) is 13.2 Å². The number of nitrogens with zero attached hydrogens (tertiary/aromatic N) is 12. The van der Waals surface area contributed by atoms with E-state index in [0.29, 0.717) is 71.2 Å². The molecule has 9 aromatic carbocycles. The molecule has 0 amide bonds. The normalized spacial score (nSPS) is 12.7. The molecule has 3 aliphatic heterocycles. The van der Waals surface area contributed by atoms with Crippen LogP contribution in [0.2, 0.25) is 0 Å². The number of aliphatic hydroxyl groups is 1. The zero-order valence-electron chi connectivity index (χ0n) is 65.6. The summed E-state index contributed by atoms with van der Waals surface area (Å²) in [7, 11) is 8.98. The molecule has 0 radical (unpaired) electrons. The number of aromatic amines is 3. The molecule has 0 fully saturated rings. The molecule has 25 nitrogen and oxygen atoms in total. The van der Waals surface area contributed by atoms with Crippen molar-refractivity contribution in [2.75, 3.05) is 128 Å². The Labute approximate surface area is 664 Å². The van der Waals surface area contributed by atoms with Crippen LogP contribution in [0.4, 0.5) is 17.1 Å². The minimum Gasteiger partial charge on any atom is -0.494 e. The molecular weight excluding hydrogens is 1460 g/mol. The van der Waals surface area contributed by atoms with E-state index >= 15 is 0 Å². The quantitative estimate of drug-likeness (QED) is 0.00932. The Balaban J connectivity index is 0.000000149. The topological polar surface area (TPSA) is 301 Å². The molecule has 6 heterocycles. The zero-order valence-corrected chi connectivity index (χ0v) is 66.4. The lowest BCUT2D eigenvalue weighted by Crippen LogP contribution is -2.15. The predicted octanol–water partition coefficient (Wildman–Crippen LogP) is 16.3. The summed E-state index contributed by atoms with van der Waals surface area (Å²) >= 11 is 0. The van der Waals surface area contributed by atoms with Gasteiger partial charge >= 0.3 is 0 Å². The van der Waals surface area contributed by atoms with Crippen molar-refractivity contribution in [3.8, 4) is 68.7 Å². The summed E-state index contributed by atoms with van der Waals surface area (Å²) in [5.74, 6) is 7.20. The predicted molar refractivity (Wildman–Crippen MR) is 452 cm³/mol. The van der Waals surface area contributed by atoms with E-state index in [1.165, 1.54) is 16.7 Å². The minimum absolute atomic E-state index is 0.0938. The van der Waals surface area contributed by atoms with Gasteiger partial charge in [0.15, 0.2) is 0 Å². The van der Waals surface area contributed by atoms with Gasteiger partial charge < -0.3 is 63.2 Å². The molecule has 26 heteroatoms. The van der Waals surface area contributed by atoms with Gasteiger partial charge in [-0.15, -0.1) is 0 Å². The van der Waals surface area contributed by atoms with Gasteiger partial charge in [0.2, 0.25) is 0 Å². The van der Waals surface area contributed by atoms with Crippen LogP contribution in [0, 0.1) is 0 Å². The van der Waals surface area contributed by atoms with Gasteiger partial charge in [0, 0.05) is 123 Å². The second-order valence-corrected chi connectivity index (χ2v) is 30.6. The van der Waals surface area contributed by atoms with Crippen molar-refractivity contribution in [1.82, 2.24) is 44.6 Å². The van der Waals surface area contributed by atoms with Crippen molar-refractivity contribution in [2.24, 2.45) is 20.1 Å². The number of nitrogens with one attached hydrogen (secondary N) is 3. The number of rotatable bonds is 36. The van der Waals surface area contributed by atoms with Crippen LogP contribution >= 0.6 is 0 Å². The van der Waals surface area contributed by atoms with Crippen LogP contribution in [0.15, 0.2) is 202 Å². The van der Waals surface area contributed by atoms with E-state index in [1.807, 2.05) is 91.0 Å². The van der Waals surface area contributed by atoms with Gasteiger partial charge in [0.25, 0.3) is 10.1 Å². The lowest BCUT2D eigenvalue weighted by Gasteiger charge is -2.10. The molecule has 114 heavy (non-hydrogen) atoms. The highest BCUT2D eigenvalue weighted by Crippen LogP contribution is 2.37. The molecule has 590 valence electrons. The van der Waals surface area contributed by atoms with Gasteiger partial charge in [-0.1, -0.05) is 96.1 Å². The van der Waals surface area contributed by atoms with E-state index < -0.39 is 10.1 Å². The highest BCUT2D eigenvalue weighted by Gasteiger charge is 2.22. The van der Waals surface area contributed by atoms with Crippen LogP contribution in [-0.4, -0.2) is 203 Å². The van der Waals surface area contributed by atoms with Gasteiger partial charge in [-0.05, 0) is 161 Å². The van der Waals surface area contributed by atoms with Crippen molar-refractivity contribution < 1.29 is 46.1 Å².